The van der Waals surface area contributed by atoms with Crippen molar-refractivity contribution in [2.75, 3.05) is 7.11 Å². The quantitative estimate of drug-likeness (QED) is 0.768. The number of aromatic amines is 1. The van der Waals surface area contributed by atoms with Gasteiger partial charge in [-0.3, -0.25) is 5.10 Å². The van der Waals surface area contributed by atoms with Gasteiger partial charge in [-0.15, -0.1) is 0 Å². The lowest BCUT2D eigenvalue weighted by Gasteiger charge is -2.12. The van der Waals surface area contributed by atoms with Gasteiger partial charge in [-0.05, 0) is 17.7 Å². The summed E-state index contributed by atoms with van der Waals surface area (Å²) < 4.78 is 5.61. The summed E-state index contributed by atoms with van der Waals surface area (Å²) >= 11 is 0. The molecule has 1 heterocycles. The summed E-state index contributed by atoms with van der Waals surface area (Å²) in [6, 6.07) is 18.3. The van der Waals surface area contributed by atoms with Gasteiger partial charge in [0.25, 0.3) is 0 Å². The van der Waals surface area contributed by atoms with Gasteiger partial charge in [0.05, 0.1) is 12.8 Å². The Bertz CT molecular complexity index is 660. The van der Waals surface area contributed by atoms with E-state index >= 15 is 0 Å². The van der Waals surface area contributed by atoms with Crippen LogP contribution in [0.4, 0.5) is 0 Å². The molecule has 0 radical (unpaired) electrons. The minimum Gasteiger partial charge on any atom is -0.495 e. The fourth-order valence-corrected chi connectivity index (χ4v) is 2.22. The Hall–Kier alpha value is -2.55. The number of aromatic nitrogens is 2. The van der Waals surface area contributed by atoms with Gasteiger partial charge < -0.3 is 4.74 Å². The van der Waals surface area contributed by atoms with Crippen LogP contribution in [0.25, 0.3) is 22.4 Å². The van der Waals surface area contributed by atoms with Crippen LogP contribution >= 0.6 is 0 Å². The van der Waals surface area contributed by atoms with E-state index in [1.807, 2.05) is 36.4 Å². The van der Waals surface area contributed by atoms with E-state index in [2.05, 4.69) is 28.4 Å². The maximum Gasteiger partial charge on any atom is 0.136 e. The van der Waals surface area contributed by atoms with Gasteiger partial charge in [0.15, 0.2) is 0 Å². The number of ether oxygens (including phenoxy) is 1. The van der Waals surface area contributed by atoms with E-state index in [4.69, 9.17) is 4.74 Å². The number of rotatable bonds is 3. The van der Waals surface area contributed by atoms with E-state index in [1.54, 1.807) is 13.3 Å². The monoisotopic (exact) mass is 250 g/mol. The van der Waals surface area contributed by atoms with Crippen molar-refractivity contribution in [3.05, 3.63) is 60.8 Å². The highest BCUT2D eigenvalue weighted by Crippen LogP contribution is 2.37. The second kappa shape index (κ2) is 4.98. The van der Waals surface area contributed by atoms with Crippen LogP contribution in [-0.4, -0.2) is 17.3 Å². The molecule has 0 saturated carbocycles. The maximum atomic E-state index is 5.61. The maximum absolute atomic E-state index is 5.61. The van der Waals surface area contributed by atoms with Crippen LogP contribution in [0.2, 0.25) is 0 Å². The van der Waals surface area contributed by atoms with Crippen molar-refractivity contribution in [3.8, 4) is 28.1 Å². The van der Waals surface area contributed by atoms with Crippen molar-refractivity contribution in [2.24, 2.45) is 0 Å². The van der Waals surface area contributed by atoms with Crippen LogP contribution < -0.4 is 4.74 Å². The van der Waals surface area contributed by atoms with Gasteiger partial charge in [0.2, 0.25) is 0 Å². The summed E-state index contributed by atoms with van der Waals surface area (Å²) in [5, 5.41) is 6.97. The van der Waals surface area contributed by atoms with E-state index in [9.17, 15) is 0 Å². The van der Waals surface area contributed by atoms with E-state index in [-0.39, 0.29) is 0 Å². The first-order valence-electron chi connectivity index (χ1n) is 6.12. The Labute approximate surface area is 111 Å². The number of benzene rings is 2. The van der Waals surface area contributed by atoms with Gasteiger partial charge >= 0.3 is 0 Å². The predicted molar refractivity (Wildman–Crippen MR) is 76.0 cm³/mol. The molecule has 19 heavy (non-hydrogen) atoms. The smallest absolute Gasteiger partial charge is 0.136 e. The fourth-order valence-electron chi connectivity index (χ4n) is 2.22. The van der Waals surface area contributed by atoms with Crippen molar-refractivity contribution in [1.29, 1.82) is 0 Å². The number of methoxy groups -OCH3 is 1. The number of para-hydroxylation sites is 1. The van der Waals surface area contributed by atoms with Gasteiger partial charge in [-0.2, -0.15) is 5.10 Å². The Morgan fingerprint density at radius 3 is 2.37 bits per heavy atom. The molecule has 0 amide bonds. The minimum absolute atomic E-state index is 0.859. The molecular formula is C16H14N2O. The molecule has 3 nitrogen and oxygen atoms in total. The summed E-state index contributed by atoms with van der Waals surface area (Å²) in [7, 11) is 1.70. The van der Waals surface area contributed by atoms with Crippen LogP contribution in [0.15, 0.2) is 60.8 Å². The zero-order valence-electron chi connectivity index (χ0n) is 10.6. The lowest BCUT2D eigenvalue weighted by Crippen LogP contribution is -1.92. The van der Waals surface area contributed by atoms with Crippen molar-refractivity contribution in [3.63, 3.8) is 0 Å². The molecule has 3 heteroatoms. The first kappa shape index (κ1) is 11.5. The van der Waals surface area contributed by atoms with Crippen molar-refractivity contribution in [2.45, 2.75) is 0 Å². The highest BCUT2D eigenvalue weighted by atomic mass is 16.5. The SMILES string of the molecule is COc1c(-c2ccccc2)cccc1-c1ccn[nH]1. The first-order chi connectivity index (χ1) is 9.40. The molecule has 0 aliphatic rings. The lowest BCUT2D eigenvalue weighted by molar-refractivity contribution is 0.418. The molecule has 0 aliphatic heterocycles. The molecule has 94 valence electrons. The van der Waals surface area contributed by atoms with Gasteiger partial charge in [0, 0.05) is 17.3 Å². The van der Waals surface area contributed by atoms with Crippen LogP contribution in [0.3, 0.4) is 0 Å². The highest BCUT2D eigenvalue weighted by Gasteiger charge is 2.12. The normalized spacial score (nSPS) is 10.4. The Morgan fingerprint density at radius 1 is 0.895 bits per heavy atom. The van der Waals surface area contributed by atoms with Crippen molar-refractivity contribution < 1.29 is 4.74 Å². The standard InChI is InChI=1S/C16H14N2O/c1-19-16-13(12-6-3-2-4-7-12)8-5-9-14(16)15-10-11-17-18-15/h2-11H,1H3,(H,17,18). The summed E-state index contributed by atoms with van der Waals surface area (Å²) in [5.74, 6) is 0.859. The third kappa shape index (κ3) is 2.10. The number of H-pyrrole nitrogens is 1. The van der Waals surface area contributed by atoms with Gasteiger partial charge in [-0.1, -0.05) is 42.5 Å². The molecule has 0 aliphatic carbocycles. The Balaban J connectivity index is 2.19. The van der Waals surface area contributed by atoms with Crippen LogP contribution in [0.5, 0.6) is 5.75 Å². The second-order valence-corrected chi connectivity index (χ2v) is 4.22. The predicted octanol–water partition coefficient (Wildman–Crippen LogP) is 3.75. The second-order valence-electron chi connectivity index (χ2n) is 4.22. The third-order valence-corrected chi connectivity index (χ3v) is 3.09. The van der Waals surface area contributed by atoms with Crippen molar-refractivity contribution >= 4 is 0 Å². The van der Waals surface area contributed by atoms with Crippen molar-refractivity contribution in [1.82, 2.24) is 10.2 Å². The largest absolute Gasteiger partial charge is 0.495 e. The summed E-state index contributed by atoms with van der Waals surface area (Å²) in [5.41, 5.74) is 4.19. The summed E-state index contributed by atoms with van der Waals surface area (Å²) in [6.07, 6.45) is 1.74. The third-order valence-electron chi connectivity index (χ3n) is 3.09. The molecule has 0 atom stereocenters. The van der Waals surface area contributed by atoms with E-state index in [0.717, 1.165) is 28.1 Å². The fraction of sp³-hybridized carbons (Fsp3) is 0.0625. The van der Waals surface area contributed by atoms with Gasteiger partial charge in [-0.25, -0.2) is 0 Å². The zero-order chi connectivity index (χ0) is 13.1. The lowest BCUT2D eigenvalue weighted by atomic mass is 10.00. The zero-order valence-corrected chi connectivity index (χ0v) is 10.6. The number of nitrogens with zero attached hydrogens (tertiary/aromatic N) is 1. The molecule has 0 saturated heterocycles. The molecular weight excluding hydrogens is 236 g/mol. The van der Waals surface area contributed by atoms with Crippen LogP contribution in [0, 0.1) is 0 Å². The molecule has 1 N–H and O–H groups in total. The van der Waals surface area contributed by atoms with Crippen LogP contribution in [0.1, 0.15) is 0 Å². The number of nitrogens with one attached hydrogen (secondary N) is 1. The molecule has 0 unspecified atom stereocenters. The minimum atomic E-state index is 0.859. The van der Waals surface area contributed by atoms with Gasteiger partial charge in [0.1, 0.15) is 5.75 Å². The first-order valence-corrected chi connectivity index (χ1v) is 6.12. The molecule has 3 rings (SSSR count). The Kier molecular flexibility index (Phi) is 3.02. The van der Waals surface area contributed by atoms with E-state index in [1.165, 1.54) is 0 Å². The molecule has 0 fully saturated rings. The molecule has 0 spiro atoms. The molecule has 2 aromatic carbocycles. The molecule has 0 bridgehead atoms. The average Bonchev–Trinajstić information content (AvgIpc) is 3.01. The Morgan fingerprint density at radius 2 is 1.68 bits per heavy atom. The van der Waals surface area contributed by atoms with E-state index in [0.29, 0.717) is 0 Å². The molecule has 3 aromatic rings. The highest BCUT2D eigenvalue weighted by molar-refractivity contribution is 5.81. The summed E-state index contributed by atoms with van der Waals surface area (Å²) in [6.45, 7) is 0. The number of hydrogen-bond donors (Lipinski definition) is 1. The average molecular weight is 250 g/mol. The molecule has 1 aromatic heterocycles. The van der Waals surface area contributed by atoms with E-state index < -0.39 is 0 Å². The van der Waals surface area contributed by atoms with Crippen LogP contribution in [-0.2, 0) is 0 Å². The topological polar surface area (TPSA) is 37.9 Å². The number of hydrogen-bond acceptors (Lipinski definition) is 2. The summed E-state index contributed by atoms with van der Waals surface area (Å²) in [4.78, 5) is 0.